The molecule has 0 fully saturated rings. The zero-order valence-corrected chi connectivity index (χ0v) is 14.5. The van der Waals surface area contributed by atoms with Crippen molar-refractivity contribution in [3.63, 3.8) is 0 Å². The molecule has 0 spiro atoms. The zero-order chi connectivity index (χ0) is 16.8. The Balaban J connectivity index is 2.62. The molecule has 1 rings (SSSR count). The quantitative estimate of drug-likeness (QED) is 0.644. The summed E-state index contributed by atoms with van der Waals surface area (Å²) in [6, 6.07) is 4.97. The summed E-state index contributed by atoms with van der Waals surface area (Å²) < 4.78 is 10.4. The van der Waals surface area contributed by atoms with Gasteiger partial charge in [-0.1, -0.05) is 11.8 Å². The summed E-state index contributed by atoms with van der Waals surface area (Å²) in [7, 11) is 1.33. The zero-order valence-electron chi connectivity index (χ0n) is 13.0. The fourth-order valence-electron chi connectivity index (χ4n) is 1.43. The molecule has 118 valence electrons. The van der Waals surface area contributed by atoms with Crippen molar-refractivity contribution in [2.45, 2.75) is 26.4 Å². The number of rotatable bonds is 2. The molecule has 0 radical (unpaired) electrons. The predicted molar refractivity (Wildman–Crippen MR) is 86.6 cm³/mol. The maximum atomic E-state index is 11.4. The average Bonchev–Trinajstić information content (AvgIpc) is 2.42. The van der Waals surface area contributed by atoms with Crippen molar-refractivity contribution in [3.05, 3.63) is 33.8 Å². The summed E-state index contributed by atoms with van der Waals surface area (Å²) in [6.45, 7) is 5.54. The number of hydrogen-bond donors (Lipinski definition) is 1. The Hall–Kier alpha value is -2.00. The lowest BCUT2D eigenvalue weighted by atomic mass is 10.1. The third kappa shape index (κ3) is 6.19. The van der Waals surface area contributed by atoms with Gasteiger partial charge in [-0.3, -0.25) is 0 Å². The SMILES string of the molecule is COC(=O)c1ccc(C#CCNC(=O)OC(C)(C)C)c(Br)c1. The van der Waals surface area contributed by atoms with Gasteiger partial charge in [-0.15, -0.1) is 0 Å². The highest BCUT2D eigenvalue weighted by Crippen LogP contribution is 2.18. The summed E-state index contributed by atoms with van der Waals surface area (Å²) in [6.07, 6.45) is -0.512. The minimum absolute atomic E-state index is 0.167. The molecule has 5 nitrogen and oxygen atoms in total. The summed E-state index contributed by atoms with van der Waals surface area (Å²) >= 11 is 3.34. The molecule has 0 unspecified atom stereocenters. The summed E-state index contributed by atoms with van der Waals surface area (Å²) in [5.74, 6) is 5.30. The molecule has 22 heavy (non-hydrogen) atoms. The highest BCUT2D eigenvalue weighted by Gasteiger charge is 2.15. The van der Waals surface area contributed by atoms with Crippen LogP contribution < -0.4 is 5.32 Å². The van der Waals surface area contributed by atoms with E-state index < -0.39 is 17.7 Å². The fraction of sp³-hybridized carbons (Fsp3) is 0.375. The second-order valence-electron chi connectivity index (χ2n) is 5.34. The van der Waals surface area contributed by atoms with Crippen LogP contribution >= 0.6 is 15.9 Å². The van der Waals surface area contributed by atoms with Gasteiger partial charge in [0.1, 0.15) is 5.60 Å². The Labute approximate surface area is 138 Å². The van der Waals surface area contributed by atoms with Crippen molar-refractivity contribution in [2.24, 2.45) is 0 Å². The van der Waals surface area contributed by atoms with Crippen LogP contribution in [0.1, 0.15) is 36.7 Å². The number of ether oxygens (including phenoxy) is 2. The number of carbonyl (C=O) groups excluding carboxylic acids is 2. The lowest BCUT2D eigenvalue weighted by molar-refractivity contribution is 0.0533. The van der Waals surface area contributed by atoms with Gasteiger partial charge in [0.2, 0.25) is 0 Å². The van der Waals surface area contributed by atoms with E-state index in [-0.39, 0.29) is 6.54 Å². The van der Waals surface area contributed by atoms with E-state index in [2.05, 4.69) is 37.8 Å². The van der Waals surface area contributed by atoms with E-state index in [9.17, 15) is 9.59 Å². The molecule has 0 aliphatic heterocycles. The number of esters is 1. The first-order chi connectivity index (χ1) is 10.2. The minimum Gasteiger partial charge on any atom is -0.465 e. The van der Waals surface area contributed by atoms with Gasteiger partial charge < -0.3 is 14.8 Å². The number of halogens is 1. The van der Waals surface area contributed by atoms with Crippen LogP contribution in [0.3, 0.4) is 0 Å². The second-order valence-corrected chi connectivity index (χ2v) is 6.20. The van der Waals surface area contributed by atoms with Gasteiger partial charge in [0.15, 0.2) is 0 Å². The van der Waals surface area contributed by atoms with Gasteiger partial charge >= 0.3 is 12.1 Å². The Morgan fingerprint density at radius 2 is 2.00 bits per heavy atom. The largest absolute Gasteiger partial charge is 0.465 e. The van der Waals surface area contributed by atoms with E-state index in [0.717, 1.165) is 0 Å². The minimum atomic E-state index is -0.537. The molecule has 1 amide bonds. The molecule has 0 heterocycles. The van der Waals surface area contributed by atoms with Crippen molar-refractivity contribution < 1.29 is 19.1 Å². The van der Waals surface area contributed by atoms with Crippen LogP contribution in [-0.2, 0) is 9.47 Å². The molecule has 0 saturated heterocycles. The van der Waals surface area contributed by atoms with Crippen molar-refractivity contribution in [1.29, 1.82) is 0 Å². The monoisotopic (exact) mass is 367 g/mol. The van der Waals surface area contributed by atoms with Crippen LogP contribution in [0.5, 0.6) is 0 Å². The summed E-state index contributed by atoms with van der Waals surface area (Å²) in [5, 5.41) is 2.54. The molecular formula is C16H18BrNO4. The molecule has 0 atom stereocenters. The number of methoxy groups -OCH3 is 1. The topological polar surface area (TPSA) is 64.6 Å². The highest BCUT2D eigenvalue weighted by molar-refractivity contribution is 9.10. The van der Waals surface area contributed by atoms with Gasteiger partial charge in [0.25, 0.3) is 0 Å². The van der Waals surface area contributed by atoms with Gasteiger partial charge in [-0.05, 0) is 54.9 Å². The number of alkyl carbamates (subject to hydrolysis) is 1. The van der Waals surface area contributed by atoms with Gasteiger partial charge in [-0.25, -0.2) is 9.59 Å². The maximum absolute atomic E-state index is 11.4. The van der Waals surface area contributed by atoms with Crippen LogP contribution in [0, 0.1) is 11.8 Å². The molecule has 1 aromatic rings. The Morgan fingerprint density at radius 1 is 1.32 bits per heavy atom. The first kappa shape index (κ1) is 18.1. The number of hydrogen-bond acceptors (Lipinski definition) is 4. The van der Waals surface area contributed by atoms with E-state index in [1.807, 2.05) is 0 Å². The summed E-state index contributed by atoms with van der Waals surface area (Å²) in [5.41, 5.74) is 0.606. The van der Waals surface area contributed by atoms with Crippen LogP contribution in [0.2, 0.25) is 0 Å². The van der Waals surface area contributed by atoms with Crippen molar-refractivity contribution >= 4 is 28.0 Å². The molecular weight excluding hydrogens is 350 g/mol. The van der Waals surface area contributed by atoms with Crippen molar-refractivity contribution in [2.75, 3.05) is 13.7 Å². The molecule has 0 aliphatic rings. The number of amides is 1. The lowest BCUT2D eigenvalue weighted by Gasteiger charge is -2.19. The van der Waals surface area contributed by atoms with E-state index >= 15 is 0 Å². The number of benzene rings is 1. The first-order valence-corrected chi connectivity index (χ1v) is 7.36. The average molecular weight is 368 g/mol. The van der Waals surface area contributed by atoms with Crippen LogP contribution in [0.15, 0.2) is 22.7 Å². The smallest absolute Gasteiger partial charge is 0.408 e. The van der Waals surface area contributed by atoms with E-state index in [4.69, 9.17) is 4.74 Å². The van der Waals surface area contributed by atoms with Gasteiger partial charge in [0, 0.05) is 10.0 Å². The molecule has 6 heteroatoms. The third-order valence-electron chi connectivity index (χ3n) is 2.33. The maximum Gasteiger partial charge on any atom is 0.408 e. The van der Waals surface area contributed by atoms with E-state index in [1.165, 1.54) is 7.11 Å². The van der Waals surface area contributed by atoms with Crippen LogP contribution in [0.4, 0.5) is 4.79 Å². The normalized spacial score (nSPS) is 10.2. The molecule has 0 bridgehead atoms. The molecule has 0 aliphatic carbocycles. The molecule has 0 aromatic heterocycles. The first-order valence-electron chi connectivity index (χ1n) is 6.56. The lowest BCUT2D eigenvalue weighted by Crippen LogP contribution is -2.32. The van der Waals surface area contributed by atoms with Crippen LogP contribution in [-0.4, -0.2) is 31.3 Å². The van der Waals surface area contributed by atoms with Gasteiger partial charge in [-0.2, -0.15) is 0 Å². The Morgan fingerprint density at radius 3 is 2.55 bits per heavy atom. The Kier molecular flexibility index (Phi) is 6.44. The molecule has 1 aromatic carbocycles. The number of nitrogens with one attached hydrogen (secondary N) is 1. The third-order valence-corrected chi connectivity index (χ3v) is 2.99. The summed E-state index contributed by atoms with van der Waals surface area (Å²) in [4.78, 5) is 22.8. The van der Waals surface area contributed by atoms with E-state index in [1.54, 1.807) is 39.0 Å². The second kappa shape index (κ2) is 7.85. The van der Waals surface area contributed by atoms with Crippen molar-refractivity contribution in [1.82, 2.24) is 5.32 Å². The number of carbonyl (C=O) groups is 2. The van der Waals surface area contributed by atoms with Gasteiger partial charge in [0.05, 0.1) is 19.2 Å². The fourth-order valence-corrected chi connectivity index (χ4v) is 1.91. The molecule has 1 N–H and O–H groups in total. The van der Waals surface area contributed by atoms with Crippen molar-refractivity contribution in [3.8, 4) is 11.8 Å². The highest BCUT2D eigenvalue weighted by atomic mass is 79.9. The molecule has 0 saturated carbocycles. The predicted octanol–water partition coefficient (Wildman–Crippen LogP) is 3.11. The van der Waals surface area contributed by atoms with Crippen LogP contribution in [0.25, 0.3) is 0 Å². The standard InChI is InChI=1S/C16H18BrNO4/c1-16(2,3)22-15(20)18-9-5-6-11-7-8-12(10-13(11)17)14(19)21-4/h7-8,10H,9H2,1-4H3,(H,18,20). The Bertz CT molecular complexity index is 623. The van der Waals surface area contributed by atoms with E-state index in [0.29, 0.717) is 15.6 Å².